The van der Waals surface area contributed by atoms with Crippen LogP contribution in [0.1, 0.15) is 25.6 Å². The molecule has 7 nitrogen and oxygen atoms in total. The average molecular weight is 431 g/mol. The Morgan fingerprint density at radius 3 is 2.48 bits per heavy atom. The largest absolute Gasteiger partial charge is 0.573 e. The number of fused-ring (bicyclic) bond motifs is 1. The number of alkyl halides is 3. The van der Waals surface area contributed by atoms with Gasteiger partial charge in [0.1, 0.15) is 22.8 Å². The van der Waals surface area contributed by atoms with E-state index in [9.17, 15) is 18.0 Å². The second kappa shape index (κ2) is 7.68. The predicted molar refractivity (Wildman–Crippen MR) is 107 cm³/mol. The van der Waals surface area contributed by atoms with E-state index in [2.05, 4.69) is 19.7 Å². The molecule has 1 fully saturated rings. The second-order valence-corrected chi connectivity index (χ2v) is 7.41. The van der Waals surface area contributed by atoms with Crippen molar-refractivity contribution in [3.63, 3.8) is 0 Å². The van der Waals surface area contributed by atoms with Crippen LogP contribution in [0.3, 0.4) is 0 Å². The summed E-state index contributed by atoms with van der Waals surface area (Å²) in [5, 5.41) is 0. The molecule has 0 bridgehead atoms. The van der Waals surface area contributed by atoms with E-state index < -0.39 is 6.36 Å². The number of imidazole rings is 1. The summed E-state index contributed by atoms with van der Waals surface area (Å²) in [6.45, 7) is 4.61. The molecule has 3 heterocycles. The Hall–Kier alpha value is -3.43. The van der Waals surface area contributed by atoms with Gasteiger partial charge in [0.2, 0.25) is 5.91 Å². The van der Waals surface area contributed by atoms with Crippen molar-refractivity contribution in [2.45, 2.75) is 26.1 Å². The lowest BCUT2D eigenvalue weighted by atomic mass is 9.97. The quantitative estimate of drug-likeness (QED) is 0.588. The van der Waals surface area contributed by atoms with Crippen molar-refractivity contribution >= 4 is 17.1 Å². The van der Waals surface area contributed by atoms with Gasteiger partial charge in [-0.15, -0.1) is 13.2 Å². The number of carbonyl (C=O) groups is 1. The van der Waals surface area contributed by atoms with E-state index >= 15 is 0 Å². The number of carbonyl (C=O) groups excluding carboxylic acids is 1. The molecule has 162 valence electrons. The fourth-order valence-corrected chi connectivity index (χ4v) is 3.40. The number of hydrogen-bond donors (Lipinski definition) is 0. The monoisotopic (exact) mass is 431 g/mol. The number of aromatic nitrogens is 4. The van der Waals surface area contributed by atoms with Gasteiger partial charge in [-0.3, -0.25) is 4.79 Å². The fraction of sp³-hybridized carbons (Fsp3) is 0.333. The Kier molecular flexibility index (Phi) is 5.16. The van der Waals surface area contributed by atoms with Crippen LogP contribution in [0.2, 0.25) is 0 Å². The van der Waals surface area contributed by atoms with Gasteiger partial charge in [-0.1, -0.05) is 6.08 Å². The number of rotatable bonds is 4. The smallest absolute Gasteiger partial charge is 0.406 e. The summed E-state index contributed by atoms with van der Waals surface area (Å²) in [6.07, 6.45) is -1.37. The first-order chi connectivity index (χ1) is 14.7. The summed E-state index contributed by atoms with van der Waals surface area (Å²) >= 11 is 0. The molecule has 3 aromatic rings. The molecule has 1 aliphatic rings. The van der Waals surface area contributed by atoms with Crippen molar-refractivity contribution in [2.75, 3.05) is 13.1 Å². The number of amides is 1. The molecule has 1 saturated heterocycles. The number of nitrogens with zero attached hydrogens (tertiary/aromatic N) is 5. The van der Waals surface area contributed by atoms with Crippen LogP contribution in [0, 0.1) is 0 Å². The van der Waals surface area contributed by atoms with Gasteiger partial charge in [-0.2, -0.15) is 0 Å². The van der Waals surface area contributed by atoms with Crippen LogP contribution in [0.5, 0.6) is 5.75 Å². The van der Waals surface area contributed by atoms with Gasteiger partial charge in [-0.05, 0) is 38.1 Å². The number of allylic oxidation sites excluding steroid dienone is 1. The maximum absolute atomic E-state index is 12.4. The van der Waals surface area contributed by atoms with E-state index in [1.54, 1.807) is 28.8 Å². The van der Waals surface area contributed by atoms with Crippen LogP contribution in [-0.4, -0.2) is 49.8 Å². The first-order valence-electron chi connectivity index (χ1n) is 9.63. The lowest BCUT2D eigenvalue weighted by Crippen LogP contribution is -2.49. The molecule has 1 amide bonds. The lowest BCUT2D eigenvalue weighted by Gasteiger charge is -2.38. The lowest BCUT2D eigenvalue weighted by molar-refractivity contribution is -0.274. The zero-order chi connectivity index (χ0) is 22.3. The molecule has 1 aliphatic heterocycles. The van der Waals surface area contributed by atoms with Crippen LogP contribution in [0.15, 0.2) is 42.2 Å². The minimum atomic E-state index is -4.75. The van der Waals surface area contributed by atoms with Gasteiger partial charge in [0, 0.05) is 31.3 Å². The molecular formula is C21H20F3N5O2. The minimum absolute atomic E-state index is 0.0131. The Balaban J connectivity index is 1.65. The van der Waals surface area contributed by atoms with Gasteiger partial charge >= 0.3 is 6.36 Å². The SMILES string of the molecule is C/C=C(\C)C(=O)N1CC(c2nc(-c3ccc(OC(F)(F)F)cc3)c3ncn(C)c3n2)C1. The van der Waals surface area contributed by atoms with Crippen molar-refractivity contribution in [1.29, 1.82) is 0 Å². The van der Waals surface area contributed by atoms with Gasteiger partial charge < -0.3 is 14.2 Å². The Bertz CT molecular complexity index is 1160. The summed E-state index contributed by atoms with van der Waals surface area (Å²) in [4.78, 5) is 27.7. The van der Waals surface area contributed by atoms with Crippen LogP contribution < -0.4 is 4.74 Å². The molecule has 0 saturated carbocycles. The molecular weight excluding hydrogens is 411 g/mol. The highest BCUT2D eigenvalue weighted by molar-refractivity contribution is 5.93. The maximum atomic E-state index is 12.4. The van der Waals surface area contributed by atoms with Crippen molar-refractivity contribution in [2.24, 2.45) is 7.05 Å². The molecule has 31 heavy (non-hydrogen) atoms. The van der Waals surface area contributed by atoms with Crippen LogP contribution >= 0.6 is 0 Å². The summed E-state index contributed by atoms with van der Waals surface area (Å²) < 4.78 is 43.0. The van der Waals surface area contributed by atoms with E-state index in [-0.39, 0.29) is 17.6 Å². The van der Waals surface area contributed by atoms with E-state index in [1.807, 2.05) is 14.0 Å². The third-order valence-corrected chi connectivity index (χ3v) is 5.24. The van der Waals surface area contributed by atoms with Crippen molar-refractivity contribution in [1.82, 2.24) is 24.4 Å². The maximum Gasteiger partial charge on any atom is 0.573 e. The van der Waals surface area contributed by atoms with Crippen molar-refractivity contribution < 1.29 is 22.7 Å². The normalized spacial score (nSPS) is 15.3. The van der Waals surface area contributed by atoms with Crippen LogP contribution in [0.4, 0.5) is 13.2 Å². The number of aryl methyl sites for hydroxylation is 1. The number of benzene rings is 1. The molecule has 10 heteroatoms. The van der Waals surface area contributed by atoms with Crippen LogP contribution in [-0.2, 0) is 11.8 Å². The third-order valence-electron chi connectivity index (χ3n) is 5.24. The number of likely N-dealkylation sites (tertiary alicyclic amines) is 1. The number of hydrogen-bond acceptors (Lipinski definition) is 5. The minimum Gasteiger partial charge on any atom is -0.406 e. The van der Waals surface area contributed by atoms with Gasteiger partial charge in [-0.25, -0.2) is 15.0 Å². The zero-order valence-corrected chi connectivity index (χ0v) is 17.1. The summed E-state index contributed by atoms with van der Waals surface area (Å²) in [5.74, 6) is 0.222. The van der Waals surface area contributed by atoms with E-state index in [1.165, 1.54) is 24.3 Å². The number of halogens is 3. The van der Waals surface area contributed by atoms with Crippen molar-refractivity contribution in [3.05, 3.63) is 48.1 Å². The second-order valence-electron chi connectivity index (χ2n) is 7.41. The fourth-order valence-electron chi connectivity index (χ4n) is 3.40. The highest BCUT2D eigenvalue weighted by Gasteiger charge is 2.35. The highest BCUT2D eigenvalue weighted by atomic mass is 19.4. The van der Waals surface area contributed by atoms with Gasteiger partial charge in [0.05, 0.1) is 12.2 Å². The first-order valence-corrected chi connectivity index (χ1v) is 9.63. The first kappa shape index (κ1) is 20.8. The molecule has 0 aliphatic carbocycles. The topological polar surface area (TPSA) is 73.1 Å². The summed E-state index contributed by atoms with van der Waals surface area (Å²) in [7, 11) is 1.81. The van der Waals surface area contributed by atoms with Crippen molar-refractivity contribution in [3.8, 4) is 17.0 Å². The third kappa shape index (κ3) is 4.10. The van der Waals surface area contributed by atoms with E-state index in [4.69, 9.17) is 0 Å². The predicted octanol–water partition coefficient (Wildman–Crippen LogP) is 3.82. The molecule has 0 spiro atoms. The Morgan fingerprint density at radius 2 is 1.87 bits per heavy atom. The molecule has 4 rings (SSSR count). The summed E-state index contributed by atoms with van der Waals surface area (Å²) in [5.41, 5.74) is 2.97. The van der Waals surface area contributed by atoms with E-state index in [0.29, 0.717) is 46.9 Å². The van der Waals surface area contributed by atoms with Gasteiger partial charge in [0.15, 0.2) is 5.65 Å². The molecule has 0 atom stereocenters. The standard InChI is InChI=1S/C21H20F3N5O2/c1-4-12(2)20(30)29-9-14(10-29)18-26-16(17-19(27-18)28(3)11-25-17)13-5-7-15(8-6-13)31-21(22,23)24/h4-8,11,14H,9-10H2,1-3H3/b12-4+. The number of ether oxygens (including phenoxy) is 1. The molecule has 1 aromatic carbocycles. The average Bonchev–Trinajstić information content (AvgIpc) is 3.06. The molecule has 0 radical (unpaired) electrons. The molecule has 2 aromatic heterocycles. The Morgan fingerprint density at radius 1 is 1.19 bits per heavy atom. The molecule has 0 unspecified atom stereocenters. The van der Waals surface area contributed by atoms with Gasteiger partial charge in [0.25, 0.3) is 0 Å². The molecule has 0 N–H and O–H groups in total. The van der Waals surface area contributed by atoms with Crippen LogP contribution in [0.25, 0.3) is 22.4 Å². The Labute approximate surface area is 176 Å². The zero-order valence-electron chi connectivity index (χ0n) is 17.1. The highest BCUT2D eigenvalue weighted by Crippen LogP contribution is 2.32. The summed E-state index contributed by atoms with van der Waals surface area (Å²) in [6, 6.07) is 5.49. The van der Waals surface area contributed by atoms with E-state index in [0.717, 1.165) is 0 Å².